The average molecular weight is 308 g/mol. The molecule has 7 nitrogen and oxygen atoms in total. The number of nitrogens with zero attached hydrogens (tertiary/aromatic N) is 2. The van der Waals surface area contributed by atoms with Crippen LogP contribution in [0.5, 0.6) is 0 Å². The van der Waals surface area contributed by atoms with Gasteiger partial charge in [0.25, 0.3) is 0 Å². The van der Waals surface area contributed by atoms with Crippen molar-refractivity contribution in [2.75, 3.05) is 32.9 Å². The fourth-order valence-corrected chi connectivity index (χ4v) is 3.07. The summed E-state index contributed by atoms with van der Waals surface area (Å²) in [6.07, 6.45) is 3.93. The van der Waals surface area contributed by atoms with Gasteiger partial charge in [-0.1, -0.05) is 0 Å². The summed E-state index contributed by atoms with van der Waals surface area (Å²) in [6.45, 7) is 6.25. The van der Waals surface area contributed by atoms with Crippen LogP contribution in [0.4, 0.5) is 0 Å². The van der Waals surface area contributed by atoms with Crippen molar-refractivity contribution >= 4 is 5.91 Å². The van der Waals surface area contributed by atoms with Gasteiger partial charge in [0.15, 0.2) is 0 Å². The lowest BCUT2D eigenvalue weighted by Crippen LogP contribution is -2.47. The Labute approximate surface area is 130 Å². The Hall–Kier alpha value is -1.44. The van der Waals surface area contributed by atoms with Gasteiger partial charge in [-0.25, -0.2) is 4.98 Å². The molecule has 2 N–H and O–H groups in total. The first-order chi connectivity index (χ1) is 10.7. The highest BCUT2D eigenvalue weighted by Gasteiger charge is 2.29. The van der Waals surface area contributed by atoms with Crippen LogP contribution in [0, 0.1) is 0 Å². The first kappa shape index (κ1) is 15.5. The summed E-state index contributed by atoms with van der Waals surface area (Å²) in [6, 6.07) is 0.592. The van der Waals surface area contributed by atoms with E-state index in [0.29, 0.717) is 12.6 Å². The van der Waals surface area contributed by atoms with Crippen molar-refractivity contribution in [3.8, 4) is 0 Å². The molecule has 1 aromatic rings. The summed E-state index contributed by atoms with van der Waals surface area (Å²) in [5.41, 5.74) is 0.900. The molecule has 1 unspecified atom stereocenters. The largest absolute Gasteiger partial charge is 0.381 e. The van der Waals surface area contributed by atoms with Crippen LogP contribution in [0.1, 0.15) is 37.4 Å². The van der Waals surface area contributed by atoms with E-state index in [0.717, 1.165) is 57.3 Å². The predicted octanol–water partition coefficient (Wildman–Crippen LogP) is 0.598. The summed E-state index contributed by atoms with van der Waals surface area (Å²) in [5, 5.41) is 2.76. The second kappa shape index (κ2) is 7.21. The molecule has 0 bridgehead atoms. The highest BCUT2D eigenvalue weighted by molar-refractivity contribution is 5.72. The first-order valence-electron chi connectivity index (χ1n) is 7.94. The number of carbonyl (C=O) groups is 1. The van der Waals surface area contributed by atoms with E-state index in [1.807, 2.05) is 0 Å². The van der Waals surface area contributed by atoms with Crippen LogP contribution >= 0.6 is 0 Å². The van der Waals surface area contributed by atoms with Crippen molar-refractivity contribution in [2.24, 2.45) is 0 Å². The van der Waals surface area contributed by atoms with Gasteiger partial charge in [-0.2, -0.15) is 0 Å². The molecule has 0 saturated carbocycles. The number of aromatic nitrogens is 2. The molecule has 0 aromatic carbocycles. The van der Waals surface area contributed by atoms with Gasteiger partial charge in [-0.15, -0.1) is 0 Å². The van der Waals surface area contributed by atoms with Gasteiger partial charge in [0.1, 0.15) is 11.9 Å². The quantitative estimate of drug-likeness (QED) is 0.851. The Morgan fingerprint density at radius 2 is 2.27 bits per heavy atom. The fraction of sp³-hybridized carbons (Fsp3) is 0.733. The molecule has 3 heterocycles. The highest BCUT2D eigenvalue weighted by Crippen LogP contribution is 2.24. The number of hydrogen-bond acceptors (Lipinski definition) is 5. The Bertz CT molecular complexity index is 499. The van der Waals surface area contributed by atoms with E-state index in [2.05, 4.69) is 20.2 Å². The number of hydrogen-bond donors (Lipinski definition) is 2. The second-order valence-electron chi connectivity index (χ2n) is 5.90. The average Bonchev–Trinajstić information content (AvgIpc) is 3.03. The third kappa shape index (κ3) is 3.85. The zero-order valence-corrected chi connectivity index (χ0v) is 13.0. The van der Waals surface area contributed by atoms with E-state index in [1.165, 1.54) is 6.92 Å². The summed E-state index contributed by atoms with van der Waals surface area (Å²) < 4.78 is 11.3. The molecule has 122 valence electrons. The van der Waals surface area contributed by atoms with Crippen molar-refractivity contribution in [2.45, 2.75) is 38.5 Å². The number of nitrogens with one attached hydrogen (secondary N) is 2. The van der Waals surface area contributed by atoms with Crippen molar-refractivity contribution < 1.29 is 14.3 Å². The Balaban J connectivity index is 1.58. The number of H-pyrrole nitrogens is 1. The minimum atomic E-state index is -0.0456. The van der Waals surface area contributed by atoms with Gasteiger partial charge in [-0.05, 0) is 12.8 Å². The van der Waals surface area contributed by atoms with Gasteiger partial charge in [0.2, 0.25) is 5.91 Å². The summed E-state index contributed by atoms with van der Waals surface area (Å²) >= 11 is 0. The third-order valence-electron chi connectivity index (χ3n) is 4.29. The molecule has 0 aliphatic carbocycles. The second-order valence-corrected chi connectivity index (χ2v) is 5.90. The van der Waals surface area contributed by atoms with Crippen LogP contribution in [0.25, 0.3) is 0 Å². The number of imidazole rings is 1. The molecule has 1 atom stereocenters. The van der Waals surface area contributed by atoms with Crippen LogP contribution < -0.4 is 5.32 Å². The molecule has 1 amide bonds. The maximum atomic E-state index is 11.0. The van der Waals surface area contributed by atoms with Crippen molar-refractivity contribution in [3.63, 3.8) is 0 Å². The van der Waals surface area contributed by atoms with E-state index < -0.39 is 0 Å². The Kier molecular flexibility index (Phi) is 5.07. The van der Waals surface area contributed by atoms with Gasteiger partial charge < -0.3 is 19.8 Å². The Morgan fingerprint density at radius 3 is 3.05 bits per heavy atom. The van der Waals surface area contributed by atoms with E-state index in [-0.39, 0.29) is 12.0 Å². The predicted molar refractivity (Wildman–Crippen MR) is 80.2 cm³/mol. The van der Waals surface area contributed by atoms with Crippen molar-refractivity contribution in [3.05, 3.63) is 17.7 Å². The number of morpholine rings is 1. The topological polar surface area (TPSA) is 79.5 Å². The molecule has 2 saturated heterocycles. The highest BCUT2D eigenvalue weighted by atomic mass is 16.5. The van der Waals surface area contributed by atoms with Crippen LogP contribution in [0.2, 0.25) is 0 Å². The molecular formula is C15H24N4O3. The Morgan fingerprint density at radius 1 is 1.45 bits per heavy atom. The van der Waals surface area contributed by atoms with E-state index in [9.17, 15) is 4.79 Å². The molecule has 22 heavy (non-hydrogen) atoms. The summed E-state index contributed by atoms with van der Waals surface area (Å²) in [7, 11) is 0. The molecule has 0 radical (unpaired) electrons. The monoisotopic (exact) mass is 308 g/mol. The van der Waals surface area contributed by atoms with Gasteiger partial charge in [-0.3, -0.25) is 9.69 Å². The minimum Gasteiger partial charge on any atom is -0.381 e. The lowest BCUT2D eigenvalue weighted by molar-refractivity contribution is -0.119. The van der Waals surface area contributed by atoms with Crippen LogP contribution in [-0.2, 0) is 20.8 Å². The third-order valence-corrected chi connectivity index (χ3v) is 4.29. The van der Waals surface area contributed by atoms with Crippen LogP contribution in [0.3, 0.4) is 0 Å². The minimum absolute atomic E-state index is 0.0253. The van der Waals surface area contributed by atoms with Crippen LogP contribution in [-0.4, -0.2) is 59.7 Å². The zero-order chi connectivity index (χ0) is 15.4. The van der Waals surface area contributed by atoms with Crippen molar-refractivity contribution in [1.29, 1.82) is 0 Å². The molecule has 0 spiro atoms. The van der Waals surface area contributed by atoms with E-state index in [4.69, 9.17) is 9.47 Å². The lowest BCUT2D eigenvalue weighted by atomic mass is 10.1. The van der Waals surface area contributed by atoms with E-state index >= 15 is 0 Å². The molecular weight excluding hydrogens is 284 g/mol. The number of amides is 1. The van der Waals surface area contributed by atoms with E-state index in [1.54, 1.807) is 6.20 Å². The molecule has 7 heteroatoms. The van der Waals surface area contributed by atoms with Gasteiger partial charge >= 0.3 is 0 Å². The van der Waals surface area contributed by atoms with Gasteiger partial charge in [0.05, 0.1) is 25.0 Å². The molecule has 3 rings (SSSR count). The number of rotatable bonds is 4. The number of carbonyl (C=O) groups excluding carboxylic acids is 1. The van der Waals surface area contributed by atoms with Gasteiger partial charge in [0, 0.05) is 39.3 Å². The molecule has 2 aliphatic heterocycles. The maximum Gasteiger partial charge on any atom is 0.217 e. The normalized spacial score (nSPS) is 24.3. The number of ether oxygens (including phenoxy) is 2. The SMILES string of the molecule is CC(=O)NCc1cnc(C2CN(C3CCOCC3)CCO2)[nH]1. The standard InChI is InChI=1S/C15H24N4O3/c1-11(20)16-8-12-9-17-15(18-12)14-10-19(4-7-22-14)13-2-5-21-6-3-13/h9,13-14H,2-8,10H2,1H3,(H,16,20)(H,17,18). The van der Waals surface area contributed by atoms with Crippen LogP contribution in [0.15, 0.2) is 6.20 Å². The summed E-state index contributed by atoms with van der Waals surface area (Å²) in [5.74, 6) is 0.799. The van der Waals surface area contributed by atoms with Crippen molar-refractivity contribution in [1.82, 2.24) is 20.2 Å². The fourth-order valence-electron chi connectivity index (χ4n) is 3.07. The molecule has 2 aliphatic rings. The zero-order valence-electron chi connectivity index (χ0n) is 13.0. The maximum absolute atomic E-state index is 11.0. The molecule has 1 aromatic heterocycles. The first-order valence-corrected chi connectivity index (χ1v) is 7.94. The lowest BCUT2D eigenvalue weighted by Gasteiger charge is -2.39. The summed E-state index contributed by atoms with van der Waals surface area (Å²) in [4.78, 5) is 21.1. The number of aromatic amines is 1. The molecule has 2 fully saturated rings. The smallest absolute Gasteiger partial charge is 0.217 e.